The molecule has 1 saturated carbocycles. The molecular formula is C24H26F3N3OS. The average molecular weight is 462 g/mol. The maximum atomic E-state index is 13.1. The van der Waals surface area contributed by atoms with Crippen molar-refractivity contribution in [3.8, 4) is 0 Å². The van der Waals surface area contributed by atoms with E-state index in [0.717, 1.165) is 47.3 Å². The second kappa shape index (κ2) is 8.54. The van der Waals surface area contributed by atoms with Gasteiger partial charge in [0.25, 0.3) is 0 Å². The smallest absolute Gasteiger partial charge is 0.337 e. The lowest BCUT2D eigenvalue weighted by atomic mass is 9.86. The second-order valence-electron chi connectivity index (χ2n) is 8.96. The van der Waals surface area contributed by atoms with Crippen molar-refractivity contribution in [3.05, 3.63) is 51.5 Å². The summed E-state index contributed by atoms with van der Waals surface area (Å²) in [6.45, 7) is 1.51. The SMILES string of the molecule is O=C(CC1CCCCC1)N1CCc2c(n(Cc3cc(C(F)(F)F)cs3)c3ncccc23)C1. The molecule has 1 amide bonds. The molecule has 2 aliphatic rings. The van der Waals surface area contributed by atoms with Crippen molar-refractivity contribution >= 4 is 28.3 Å². The minimum atomic E-state index is -4.34. The summed E-state index contributed by atoms with van der Waals surface area (Å²) in [4.78, 5) is 20.2. The lowest BCUT2D eigenvalue weighted by molar-refractivity contribution is -0.137. The molecule has 0 radical (unpaired) electrons. The van der Waals surface area contributed by atoms with Crippen LogP contribution in [-0.4, -0.2) is 26.9 Å². The van der Waals surface area contributed by atoms with E-state index < -0.39 is 11.7 Å². The number of amides is 1. The molecule has 5 rings (SSSR count). The fourth-order valence-electron chi connectivity index (χ4n) is 5.18. The van der Waals surface area contributed by atoms with Gasteiger partial charge in [0, 0.05) is 40.5 Å². The fraction of sp³-hybridized carbons (Fsp3) is 0.500. The molecule has 1 aliphatic carbocycles. The van der Waals surface area contributed by atoms with Crippen LogP contribution in [0.4, 0.5) is 13.2 Å². The van der Waals surface area contributed by atoms with Crippen LogP contribution in [0.15, 0.2) is 29.8 Å². The van der Waals surface area contributed by atoms with Gasteiger partial charge in [0.05, 0.1) is 18.7 Å². The van der Waals surface area contributed by atoms with Crippen LogP contribution in [0.25, 0.3) is 11.0 Å². The zero-order valence-corrected chi connectivity index (χ0v) is 18.6. The third-order valence-corrected chi connectivity index (χ3v) is 7.77. The number of halogens is 3. The van der Waals surface area contributed by atoms with Crippen molar-refractivity contribution < 1.29 is 18.0 Å². The van der Waals surface area contributed by atoms with Crippen LogP contribution in [0.5, 0.6) is 0 Å². The van der Waals surface area contributed by atoms with Gasteiger partial charge in [0.1, 0.15) is 5.65 Å². The zero-order chi connectivity index (χ0) is 22.3. The van der Waals surface area contributed by atoms with Gasteiger partial charge in [-0.3, -0.25) is 4.79 Å². The summed E-state index contributed by atoms with van der Waals surface area (Å²) in [5.41, 5.74) is 2.34. The highest BCUT2D eigenvalue weighted by atomic mass is 32.1. The maximum Gasteiger partial charge on any atom is 0.417 e. The molecule has 0 bridgehead atoms. The van der Waals surface area contributed by atoms with Crippen LogP contribution in [0.2, 0.25) is 0 Å². The molecule has 1 fully saturated rings. The van der Waals surface area contributed by atoms with Gasteiger partial charge in [-0.25, -0.2) is 4.98 Å². The van der Waals surface area contributed by atoms with E-state index in [1.54, 1.807) is 6.20 Å². The van der Waals surface area contributed by atoms with Gasteiger partial charge < -0.3 is 9.47 Å². The highest BCUT2D eigenvalue weighted by Crippen LogP contribution is 2.35. The van der Waals surface area contributed by atoms with Crippen molar-refractivity contribution in [1.82, 2.24) is 14.5 Å². The van der Waals surface area contributed by atoms with Crippen LogP contribution in [0.3, 0.4) is 0 Å². The van der Waals surface area contributed by atoms with Crippen molar-refractivity contribution in [2.75, 3.05) is 6.54 Å². The lowest BCUT2D eigenvalue weighted by Crippen LogP contribution is -2.37. The number of aromatic nitrogens is 2. The summed E-state index contributed by atoms with van der Waals surface area (Å²) in [7, 11) is 0. The first-order valence-electron chi connectivity index (χ1n) is 11.3. The van der Waals surface area contributed by atoms with Gasteiger partial charge in [0.2, 0.25) is 5.91 Å². The predicted molar refractivity (Wildman–Crippen MR) is 118 cm³/mol. The minimum absolute atomic E-state index is 0.197. The lowest BCUT2D eigenvalue weighted by Gasteiger charge is -2.30. The molecule has 3 aromatic rings. The van der Waals surface area contributed by atoms with E-state index in [2.05, 4.69) is 4.98 Å². The minimum Gasteiger partial charge on any atom is -0.337 e. The van der Waals surface area contributed by atoms with E-state index in [-0.39, 0.29) is 5.91 Å². The van der Waals surface area contributed by atoms with Gasteiger partial charge in [0.15, 0.2) is 0 Å². The molecule has 1 aliphatic heterocycles. The molecule has 8 heteroatoms. The summed E-state index contributed by atoms with van der Waals surface area (Å²) in [6.07, 6.45) is 4.69. The van der Waals surface area contributed by atoms with Crippen LogP contribution in [-0.2, 0) is 30.5 Å². The molecule has 4 heterocycles. The highest BCUT2D eigenvalue weighted by molar-refractivity contribution is 7.10. The third-order valence-electron chi connectivity index (χ3n) is 6.85. The Bertz CT molecular complexity index is 1130. The number of hydrogen-bond donors (Lipinski definition) is 0. The number of carbonyl (C=O) groups excluding carboxylic acids is 1. The molecule has 0 unspecified atom stereocenters. The molecule has 3 aromatic heterocycles. The van der Waals surface area contributed by atoms with E-state index >= 15 is 0 Å². The maximum absolute atomic E-state index is 13.1. The molecular weight excluding hydrogens is 435 g/mol. The predicted octanol–water partition coefficient (Wildman–Crippen LogP) is 6.02. The first-order valence-corrected chi connectivity index (χ1v) is 12.2. The van der Waals surface area contributed by atoms with E-state index in [0.29, 0.717) is 36.9 Å². The standard InChI is InChI=1S/C24H26F3N3OS/c25-24(26,27)17-12-18(32-15-17)13-30-21-14-29(22(31)11-16-5-2-1-3-6-16)10-8-19(21)20-7-4-9-28-23(20)30/h4,7,9,12,15-16H,1-3,5-6,8,10-11,13-14H2. The fourth-order valence-corrected chi connectivity index (χ4v) is 6.06. The van der Waals surface area contributed by atoms with Crippen LogP contribution >= 0.6 is 11.3 Å². The Morgan fingerprint density at radius 1 is 1.22 bits per heavy atom. The second-order valence-corrected chi connectivity index (χ2v) is 9.95. The molecule has 0 N–H and O–H groups in total. The van der Waals surface area contributed by atoms with Crippen LogP contribution in [0, 0.1) is 5.92 Å². The van der Waals surface area contributed by atoms with E-state index in [1.807, 2.05) is 21.6 Å². The zero-order valence-electron chi connectivity index (χ0n) is 17.8. The highest BCUT2D eigenvalue weighted by Gasteiger charge is 2.32. The summed E-state index contributed by atoms with van der Waals surface area (Å²) in [5.74, 6) is 0.680. The molecule has 0 atom stereocenters. The van der Waals surface area contributed by atoms with Gasteiger partial charge in [-0.15, -0.1) is 11.3 Å². The Hall–Kier alpha value is -2.35. The quantitative estimate of drug-likeness (QED) is 0.477. The molecule has 32 heavy (non-hydrogen) atoms. The monoisotopic (exact) mass is 461 g/mol. The Morgan fingerprint density at radius 3 is 2.78 bits per heavy atom. The largest absolute Gasteiger partial charge is 0.417 e. The van der Waals surface area contributed by atoms with E-state index in [9.17, 15) is 18.0 Å². The number of fused-ring (bicyclic) bond motifs is 3. The molecule has 0 spiro atoms. The summed E-state index contributed by atoms with van der Waals surface area (Å²) in [5, 5.41) is 2.20. The topological polar surface area (TPSA) is 38.1 Å². The summed E-state index contributed by atoms with van der Waals surface area (Å²) < 4.78 is 41.3. The Kier molecular flexibility index (Phi) is 5.73. The summed E-state index contributed by atoms with van der Waals surface area (Å²) in [6, 6.07) is 5.13. The normalized spacial score (nSPS) is 17.7. The van der Waals surface area contributed by atoms with Crippen molar-refractivity contribution in [2.45, 2.75) is 64.2 Å². The first kappa shape index (κ1) is 21.5. The number of pyridine rings is 1. The Morgan fingerprint density at radius 2 is 2.03 bits per heavy atom. The van der Waals surface area contributed by atoms with Gasteiger partial charge in [-0.05, 0) is 48.9 Å². The number of nitrogens with zero attached hydrogens (tertiary/aromatic N) is 3. The van der Waals surface area contributed by atoms with Crippen molar-refractivity contribution in [2.24, 2.45) is 5.92 Å². The first-order chi connectivity index (χ1) is 15.4. The Balaban J connectivity index is 1.43. The Labute approximate surface area is 189 Å². The molecule has 170 valence electrons. The van der Waals surface area contributed by atoms with Crippen LogP contribution < -0.4 is 0 Å². The van der Waals surface area contributed by atoms with E-state index in [4.69, 9.17) is 0 Å². The number of alkyl halides is 3. The van der Waals surface area contributed by atoms with Gasteiger partial charge >= 0.3 is 6.18 Å². The molecule has 0 saturated heterocycles. The number of rotatable bonds is 4. The van der Waals surface area contributed by atoms with Crippen LogP contribution in [0.1, 0.15) is 60.2 Å². The molecule has 4 nitrogen and oxygen atoms in total. The van der Waals surface area contributed by atoms with Crippen molar-refractivity contribution in [3.63, 3.8) is 0 Å². The van der Waals surface area contributed by atoms with Gasteiger partial charge in [-0.2, -0.15) is 13.2 Å². The number of carbonyl (C=O) groups is 1. The number of thiophene rings is 1. The molecule has 0 aromatic carbocycles. The average Bonchev–Trinajstić information content (AvgIpc) is 3.38. The van der Waals surface area contributed by atoms with Gasteiger partial charge in [-0.1, -0.05) is 19.3 Å². The van der Waals surface area contributed by atoms with E-state index in [1.165, 1.54) is 36.3 Å². The van der Waals surface area contributed by atoms with Crippen molar-refractivity contribution in [1.29, 1.82) is 0 Å². The number of hydrogen-bond acceptors (Lipinski definition) is 3. The summed E-state index contributed by atoms with van der Waals surface area (Å²) >= 11 is 1.12. The third kappa shape index (κ3) is 4.17.